The van der Waals surface area contributed by atoms with Crippen molar-refractivity contribution in [3.8, 4) is 0 Å². The lowest BCUT2D eigenvalue weighted by Gasteiger charge is -2.12. The maximum atomic E-state index is 4.40. The van der Waals surface area contributed by atoms with Gasteiger partial charge in [-0.05, 0) is 34.8 Å². The highest BCUT2D eigenvalue weighted by Gasteiger charge is 2.09. The quantitative estimate of drug-likeness (QED) is 0.766. The second kappa shape index (κ2) is 5.67. The van der Waals surface area contributed by atoms with Gasteiger partial charge in [0.1, 0.15) is 0 Å². The van der Waals surface area contributed by atoms with Crippen LogP contribution in [0.25, 0.3) is 4.96 Å². The zero-order valence-electron chi connectivity index (χ0n) is 11.4. The van der Waals surface area contributed by atoms with E-state index in [-0.39, 0.29) is 0 Å². The molecule has 3 aromatic heterocycles. The Kier molecular flexibility index (Phi) is 3.91. The number of halogens is 1. The first kappa shape index (κ1) is 13.8. The monoisotopic (exact) mass is 353 g/mol. The van der Waals surface area contributed by atoms with Gasteiger partial charge in [-0.2, -0.15) is 5.10 Å². The molecule has 5 nitrogen and oxygen atoms in total. The Hall–Kier alpha value is -1.18. The molecule has 0 aliphatic heterocycles. The van der Waals surface area contributed by atoms with Crippen LogP contribution >= 0.6 is 27.3 Å². The van der Waals surface area contributed by atoms with Crippen LogP contribution in [0.3, 0.4) is 0 Å². The first-order valence-electron chi connectivity index (χ1n) is 6.44. The second-order valence-corrected chi connectivity index (χ2v) is 7.33. The fourth-order valence-corrected chi connectivity index (χ4v) is 3.56. The van der Waals surface area contributed by atoms with Gasteiger partial charge >= 0.3 is 0 Å². The SMILES string of the molecule is CC(Cc1cnn(C)c1)NCc1cnc2sc(Br)cn12. The average Bonchev–Trinajstić information content (AvgIpc) is 3.04. The van der Waals surface area contributed by atoms with Gasteiger partial charge in [-0.15, -0.1) is 0 Å². The molecule has 3 aromatic rings. The fraction of sp³-hybridized carbons (Fsp3) is 0.385. The number of fused-ring (bicyclic) bond motifs is 1. The normalized spacial score (nSPS) is 13.2. The number of aryl methyl sites for hydroxylation is 1. The van der Waals surface area contributed by atoms with E-state index in [2.05, 4.69) is 55.0 Å². The summed E-state index contributed by atoms with van der Waals surface area (Å²) in [7, 11) is 1.94. The van der Waals surface area contributed by atoms with Crippen LogP contribution < -0.4 is 5.32 Å². The summed E-state index contributed by atoms with van der Waals surface area (Å²) < 4.78 is 5.06. The van der Waals surface area contributed by atoms with Gasteiger partial charge in [0.25, 0.3) is 0 Å². The van der Waals surface area contributed by atoms with Crippen molar-refractivity contribution in [2.45, 2.75) is 25.9 Å². The molecule has 7 heteroatoms. The van der Waals surface area contributed by atoms with E-state index < -0.39 is 0 Å². The summed E-state index contributed by atoms with van der Waals surface area (Å²) in [6, 6.07) is 0.395. The van der Waals surface area contributed by atoms with Crippen LogP contribution in [0, 0.1) is 0 Å². The molecule has 0 amide bonds. The van der Waals surface area contributed by atoms with E-state index >= 15 is 0 Å². The largest absolute Gasteiger partial charge is 0.308 e. The van der Waals surface area contributed by atoms with Crippen molar-refractivity contribution in [3.05, 3.63) is 39.8 Å². The highest BCUT2D eigenvalue weighted by atomic mass is 79.9. The minimum Gasteiger partial charge on any atom is -0.308 e. The molecule has 1 atom stereocenters. The third-order valence-corrected chi connectivity index (χ3v) is 4.67. The summed E-state index contributed by atoms with van der Waals surface area (Å²) in [6.45, 7) is 3.00. The Labute approximate surface area is 129 Å². The molecule has 0 saturated heterocycles. The van der Waals surface area contributed by atoms with Crippen LogP contribution in [0.2, 0.25) is 0 Å². The lowest BCUT2D eigenvalue weighted by Crippen LogP contribution is -2.27. The third kappa shape index (κ3) is 2.94. The number of rotatable bonds is 5. The fourth-order valence-electron chi connectivity index (χ4n) is 2.22. The standard InChI is InChI=1S/C13H16BrN5S/c1-9(3-10-4-17-18(2)7-10)15-5-11-6-16-13-19(11)8-12(14)20-13/h4,6-9,15H,3,5H2,1-2H3. The van der Waals surface area contributed by atoms with Gasteiger partial charge in [0, 0.05) is 32.0 Å². The van der Waals surface area contributed by atoms with Gasteiger partial charge in [-0.1, -0.05) is 11.3 Å². The minimum atomic E-state index is 0.395. The van der Waals surface area contributed by atoms with Crippen molar-refractivity contribution in [2.24, 2.45) is 7.05 Å². The summed E-state index contributed by atoms with van der Waals surface area (Å²) in [4.78, 5) is 5.42. The maximum absolute atomic E-state index is 4.40. The number of nitrogens with one attached hydrogen (secondary N) is 1. The number of imidazole rings is 1. The molecular weight excluding hydrogens is 338 g/mol. The molecule has 0 aliphatic rings. The van der Waals surface area contributed by atoms with Crippen LogP contribution in [0.1, 0.15) is 18.2 Å². The molecule has 20 heavy (non-hydrogen) atoms. The van der Waals surface area contributed by atoms with Crippen molar-refractivity contribution in [1.29, 1.82) is 0 Å². The summed E-state index contributed by atoms with van der Waals surface area (Å²) >= 11 is 5.13. The molecule has 0 aromatic carbocycles. The maximum Gasteiger partial charge on any atom is 0.194 e. The Bertz CT molecular complexity index is 713. The summed E-state index contributed by atoms with van der Waals surface area (Å²) in [5.74, 6) is 0. The number of aromatic nitrogens is 4. The highest BCUT2D eigenvalue weighted by molar-refractivity contribution is 9.11. The Balaban J connectivity index is 1.61. The molecule has 1 N–H and O–H groups in total. The van der Waals surface area contributed by atoms with Crippen LogP contribution in [-0.2, 0) is 20.0 Å². The highest BCUT2D eigenvalue weighted by Crippen LogP contribution is 2.23. The van der Waals surface area contributed by atoms with Crippen molar-refractivity contribution < 1.29 is 0 Å². The molecule has 106 valence electrons. The predicted octanol–water partition coefficient (Wildman–Crippen LogP) is 2.61. The Morgan fingerprint density at radius 1 is 1.40 bits per heavy atom. The zero-order valence-corrected chi connectivity index (χ0v) is 13.8. The predicted molar refractivity (Wildman–Crippen MR) is 84.0 cm³/mol. The van der Waals surface area contributed by atoms with Gasteiger partial charge in [0.15, 0.2) is 4.96 Å². The van der Waals surface area contributed by atoms with E-state index in [0.29, 0.717) is 6.04 Å². The van der Waals surface area contributed by atoms with E-state index in [9.17, 15) is 0 Å². The zero-order chi connectivity index (χ0) is 14.1. The van der Waals surface area contributed by atoms with Gasteiger partial charge < -0.3 is 5.32 Å². The van der Waals surface area contributed by atoms with E-state index in [1.807, 2.05) is 24.1 Å². The molecule has 3 rings (SSSR count). The van der Waals surface area contributed by atoms with Gasteiger partial charge in [0.05, 0.1) is 21.9 Å². The number of nitrogens with zero attached hydrogens (tertiary/aromatic N) is 4. The molecular formula is C13H16BrN5S. The lowest BCUT2D eigenvalue weighted by atomic mass is 10.1. The summed E-state index contributed by atoms with van der Waals surface area (Å²) in [6.07, 6.45) is 8.96. The first-order chi connectivity index (χ1) is 9.61. The van der Waals surface area contributed by atoms with Crippen LogP contribution in [0.4, 0.5) is 0 Å². The molecule has 0 spiro atoms. The molecule has 0 bridgehead atoms. The average molecular weight is 354 g/mol. The Morgan fingerprint density at radius 3 is 3.00 bits per heavy atom. The van der Waals surface area contributed by atoms with E-state index in [0.717, 1.165) is 21.7 Å². The van der Waals surface area contributed by atoms with E-state index in [1.54, 1.807) is 11.3 Å². The smallest absolute Gasteiger partial charge is 0.194 e. The number of hydrogen-bond acceptors (Lipinski definition) is 4. The third-order valence-electron chi connectivity index (χ3n) is 3.19. The molecule has 3 heterocycles. The van der Waals surface area contributed by atoms with E-state index in [4.69, 9.17) is 0 Å². The molecule has 0 fully saturated rings. The van der Waals surface area contributed by atoms with Crippen molar-refractivity contribution in [1.82, 2.24) is 24.5 Å². The first-order valence-corrected chi connectivity index (χ1v) is 8.05. The van der Waals surface area contributed by atoms with Crippen molar-refractivity contribution in [3.63, 3.8) is 0 Å². The molecule has 1 unspecified atom stereocenters. The van der Waals surface area contributed by atoms with Crippen molar-refractivity contribution in [2.75, 3.05) is 0 Å². The molecule has 0 aliphatic carbocycles. The van der Waals surface area contributed by atoms with Gasteiger partial charge in [-0.25, -0.2) is 4.98 Å². The van der Waals surface area contributed by atoms with Crippen LogP contribution in [0.15, 0.2) is 28.6 Å². The number of thiazole rings is 1. The Morgan fingerprint density at radius 2 is 2.25 bits per heavy atom. The van der Waals surface area contributed by atoms with Gasteiger partial charge in [0.2, 0.25) is 0 Å². The van der Waals surface area contributed by atoms with Crippen LogP contribution in [-0.4, -0.2) is 25.2 Å². The molecule has 0 saturated carbocycles. The van der Waals surface area contributed by atoms with Gasteiger partial charge in [-0.3, -0.25) is 9.08 Å². The van der Waals surface area contributed by atoms with Crippen LogP contribution in [0.5, 0.6) is 0 Å². The minimum absolute atomic E-state index is 0.395. The summed E-state index contributed by atoms with van der Waals surface area (Å²) in [5.41, 5.74) is 2.43. The molecule has 0 radical (unpaired) electrons. The summed E-state index contributed by atoms with van der Waals surface area (Å²) in [5, 5.41) is 7.73. The lowest BCUT2D eigenvalue weighted by molar-refractivity contribution is 0.538. The van der Waals surface area contributed by atoms with Crippen molar-refractivity contribution >= 4 is 32.2 Å². The van der Waals surface area contributed by atoms with E-state index in [1.165, 1.54) is 11.3 Å². The number of hydrogen-bond donors (Lipinski definition) is 1. The topological polar surface area (TPSA) is 47.2 Å². The second-order valence-electron chi connectivity index (χ2n) is 4.95.